The molecule has 0 aliphatic carbocycles. The molecule has 0 radical (unpaired) electrons. The first kappa shape index (κ1) is 22.0. The molecular weight excluding hydrogens is 432 g/mol. The number of hydrogen-bond donors (Lipinski definition) is 3. The molecule has 0 amide bonds. The van der Waals surface area contributed by atoms with E-state index in [0.29, 0.717) is 30.3 Å². The van der Waals surface area contributed by atoms with E-state index in [4.69, 9.17) is 25.8 Å². The van der Waals surface area contributed by atoms with Crippen molar-refractivity contribution in [2.24, 2.45) is 0 Å². The number of benzene rings is 1. The number of anilines is 2. The van der Waals surface area contributed by atoms with Crippen LogP contribution < -0.4 is 15.4 Å². The lowest BCUT2D eigenvalue weighted by molar-refractivity contribution is 0.122. The Morgan fingerprint density at radius 1 is 1.32 bits per heavy atom. The molecule has 1 unspecified atom stereocenters. The predicted octanol–water partition coefficient (Wildman–Crippen LogP) is 2.89. The molecule has 1 saturated heterocycles. The Morgan fingerprint density at radius 2 is 2.06 bits per heavy atom. The van der Waals surface area contributed by atoms with Gasteiger partial charge in [-0.05, 0) is 26.0 Å². The third-order valence-corrected chi connectivity index (χ3v) is 7.45. The van der Waals surface area contributed by atoms with Crippen LogP contribution in [0.4, 0.5) is 11.5 Å². The second-order valence-corrected chi connectivity index (χ2v) is 10.1. The molecule has 2 aromatic heterocycles. The zero-order valence-electron chi connectivity index (χ0n) is 17.8. The highest BCUT2D eigenvalue weighted by Crippen LogP contribution is 2.39. The number of nitrogen functional groups attached to an aromatic ring is 1. The summed E-state index contributed by atoms with van der Waals surface area (Å²) < 4.78 is 21.5. The zero-order chi connectivity index (χ0) is 22.2. The van der Waals surface area contributed by atoms with Crippen LogP contribution >= 0.6 is 11.3 Å². The van der Waals surface area contributed by atoms with Gasteiger partial charge in [-0.3, -0.25) is 0 Å². The molecule has 8 nitrogen and oxygen atoms in total. The molecule has 1 fully saturated rings. The molecule has 0 bridgehead atoms. The lowest BCUT2D eigenvalue weighted by Crippen LogP contribution is -2.39. The molecule has 1 aliphatic heterocycles. The number of fused-ring (bicyclic) bond motifs is 1. The van der Waals surface area contributed by atoms with E-state index in [1.807, 2.05) is 32.0 Å². The molecular formula is C21H26N6O2S2. The first-order chi connectivity index (χ1) is 14.8. The summed E-state index contributed by atoms with van der Waals surface area (Å²) in [7, 11) is 0. The first-order valence-electron chi connectivity index (χ1n) is 9.95. The highest BCUT2D eigenvalue weighted by molar-refractivity contribution is 7.88. The molecule has 1 aliphatic rings. The van der Waals surface area contributed by atoms with E-state index < -0.39 is 16.9 Å². The Labute approximate surface area is 188 Å². The van der Waals surface area contributed by atoms with Crippen molar-refractivity contribution in [1.29, 1.82) is 5.41 Å². The molecule has 3 heterocycles. The number of rotatable bonds is 6. The normalized spacial score (nSPS) is 15.9. The van der Waals surface area contributed by atoms with Gasteiger partial charge in [0, 0.05) is 52.4 Å². The van der Waals surface area contributed by atoms with Crippen LogP contribution in [0.2, 0.25) is 0 Å². The van der Waals surface area contributed by atoms with Crippen LogP contribution in [0.1, 0.15) is 24.3 Å². The Kier molecular flexibility index (Phi) is 6.18. The maximum atomic E-state index is 11.8. The Morgan fingerprint density at radius 3 is 2.74 bits per heavy atom. The summed E-state index contributed by atoms with van der Waals surface area (Å²) in [5, 5.41) is 7.82. The topological polar surface area (TPSA) is 123 Å². The number of ether oxygens (including phenoxy) is 1. The average Bonchev–Trinajstić information content (AvgIpc) is 3.18. The fourth-order valence-corrected chi connectivity index (χ4v) is 5.75. The third kappa shape index (κ3) is 4.39. The van der Waals surface area contributed by atoms with Crippen molar-refractivity contribution in [1.82, 2.24) is 14.7 Å². The quantitative estimate of drug-likeness (QED) is 0.295. The van der Waals surface area contributed by atoms with Crippen molar-refractivity contribution in [2.75, 3.05) is 43.2 Å². The molecule has 4 N–H and O–H groups in total. The largest absolute Gasteiger partial charge is 0.598 e. The van der Waals surface area contributed by atoms with Gasteiger partial charge >= 0.3 is 0 Å². The van der Waals surface area contributed by atoms with Crippen molar-refractivity contribution >= 4 is 50.6 Å². The van der Waals surface area contributed by atoms with Crippen molar-refractivity contribution in [2.45, 2.75) is 19.4 Å². The minimum Gasteiger partial charge on any atom is -0.598 e. The van der Waals surface area contributed by atoms with Crippen molar-refractivity contribution < 1.29 is 9.29 Å². The summed E-state index contributed by atoms with van der Waals surface area (Å²) in [6.45, 7) is 6.79. The van der Waals surface area contributed by atoms with Crippen LogP contribution in [0.25, 0.3) is 21.6 Å². The van der Waals surface area contributed by atoms with Crippen LogP contribution in [0.15, 0.2) is 24.3 Å². The maximum Gasteiger partial charge on any atom is 0.162 e. The number of morpholine rings is 1. The number of nitrogens with one attached hydrogen (secondary N) is 2. The van der Waals surface area contributed by atoms with Crippen molar-refractivity contribution in [3.63, 3.8) is 0 Å². The Balaban J connectivity index is 1.91. The molecule has 10 heteroatoms. The standard InChI is InChI=1S/C21H26N6O2S2/c1-21(2,26-31(3)28)17-11-16-18(30-17)20(27-7-9-29-10-8-27)25-19(24-16)13-5-4-6-15(23)14(13)12-22/h4-6,11-12,22,26H,7-10,23H2,1-3H3. The van der Waals surface area contributed by atoms with Gasteiger partial charge in [0.2, 0.25) is 0 Å². The third-order valence-electron chi connectivity index (χ3n) is 5.20. The SMILES string of the molecule is C[S+]([O-])NC(C)(C)c1cc2nc(-c3cccc(N)c3C=N)nc(N3CCOCC3)c2s1. The molecule has 31 heavy (non-hydrogen) atoms. The van der Waals surface area contributed by atoms with Crippen LogP contribution in [0, 0.1) is 5.41 Å². The smallest absolute Gasteiger partial charge is 0.162 e. The summed E-state index contributed by atoms with van der Waals surface area (Å²) in [6.07, 6.45) is 2.88. The number of nitrogens with zero attached hydrogens (tertiary/aromatic N) is 3. The maximum absolute atomic E-state index is 11.8. The van der Waals surface area contributed by atoms with Crippen LogP contribution in [-0.2, 0) is 21.6 Å². The minimum absolute atomic E-state index is 0.481. The highest BCUT2D eigenvalue weighted by atomic mass is 32.2. The van der Waals surface area contributed by atoms with Gasteiger partial charge in [0.1, 0.15) is 6.26 Å². The van der Waals surface area contributed by atoms with E-state index in [-0.39, 0.29) is 0 Å². The highest BCUT2D eigenvalue weighted by Gasteiger charge is 2.29. The van der Waals surface area contributed by atoms with Crippen LogP contribution in [-0.4, -0.2) is 53.3 Å². The zero-order valence-corrected chi connectivity index (χ0v) is 19.4. The number of hydrogen-bond acceptors (Lipinski definition) is 9. The molecule has 0 saturated carbocycles. The molecule has 1 atom stereocenters. The second-order valence-electron chi connectivity index (χ2n) is 7.93. The number of aromatic nitrogens is 2. The molecule has 4 rings (SSSR count). The van der Waals surface area contributed by atoms with Crippen LogP contribution in [0.5, 0.6) is 0 Å². The fourth-order valence-electron chi connectivity index (χ4n) is 3.68. The van der Waals surface area contributed by atoms with Gasteiger partial charge < -0.3 is 25.3 Å². The number of thiophene rings is 1. The van der Waals surface area contributed by atoms with Crippen LogP contribution in [0.3, 0.4) is 0 Å². The van der Waals surface area contributed by atoms with Crippen molar-refractivity contribution in [3.8, 4) is 11.4 Å². The van der Waals surface area contributed by atoms with E-state index in [0.717, 1.165) is 39.6 Å². The summed E-state index contributed by atoms with van der Waals surface area (Å²) in [5.41, 5.74) is 8.29. The monoisotopic (exact) mass is 458 g/mol. The van der Waals surface area contributed by atoms with Gasteiger partial charge in [0.25, 0.3) is 0 Å². The van der Waals surface area contributed by atoms with E-state index >= 15 is 0 Å². The summed E-state index contributed by atoms with van der Waals surface area (Å²) >= 11 is 0.456. The van der Waals surface area contributed by atoms with E-state index in [9.17, 15) is 4.55 Å². The lowest BCUT2D eigenvalue weighted by Gasteiger charge is -2.28. The van der Waals surface area contributed by atoms with Gasteiger partial charge in [0.15, 0.2) is 11.6 Å². The van der Waals surface area contributed by atoms with Gasteiger partial charge in [-0.2, -0.15) is 0 Å². The summed E-state index contributed by atoms with van der Waals surface area (Å²) in [5.74, 6) is 1.39. The number of nitrogens with two attached hydrogens (primary N) is 1. The summed E-state index contributed by atoms with van der Waals surface area (Å²) in [6, 6.07) is 7.54. The van der Waals surface area contributed by atoms with Gasteiger partial charge in [0.05, 0.1) is 29.0 Å². The second kappa shape index (κ2) is 8.71. The average molecular weight is 459 g/mol. The minimum atomic E-state index is -1.15. The van der Waals surface area contributed by atoms with Gasteiger partial charge in [-0.1, -0.05) is 12.1 Å². The molecule has 1 aromatic carbocycles. The summed E-state index contributed by atoms with van der Waals surface area (Å²) in [4.78, 5) is 13.0. The lowest BCUT2D eigenvalue weighted by atomic mass is 10.0. The van der Waals surface area contributed by atoms with E-state index in [1.165, 1.54) is 6.21 Å². The van der Waals surface area contributed by atoms with E-state index in [2.05, 4.69) is 9.62 Å². The Hall–Kier alpha value is -2.24. The predicted molar refractivity (Wildman–Crippen MR) is 128 cm³/mol. The van der Waals surface area contributed by atoms with E-state index in [1.54, 1.807) is 23.7 Å². The fraction of sp³-hybridized carbons (Fsp3) is 0.381. The Bertz CT molecular complexity index is 1110. The molecule has 3 aromatic rings. The molecule has 0 spiro atoms. The molecule has 164 valence electrons. The first-order valence-corrected chi connectivity index (χ1v) is 12.3. The van der Waals surface area contributed by atoms with Gasteiger partial charge in [-0.15, -0.1) is 16.1 Å². The van der Waals surface area contributed by atoms with Gasteiger partial charge in [-0.25, -0.2) is 9.97 Å². The van der Waals surface area contributed by atoms with Crippen molar-refractivity contribution in [3.05, 3.63) is 34.7 Å².